The highest BCUT2D eigenvalue weighted by molar-refractivity contribution is 6.46. The first-order valence-electron chi connectivity index (χ1n) is 4.98. The van der Waals surface area contributed by atoms with Gasteiger partial charge in [0.1, 0.15) is 0 Å². The standard InChI is InChI=1S/C8H16BNO3/c1-4-11-7-8(1)9-12-5-2-10-3-6-13-9/h8,10H,1-7H2/t8-/m1/s1. The summed E-state index contributed by atoms with van der Waals surface area (Å²) in [6.45, 7) is 4.97. The second-order valence-electron chi connectivity index (χ2n) is 3.48. The summed E-state index contributed by atoms with van der Waals surface area (Å²) < 4.78 is 16.5. The zero-order chi connectivity index (χ0) is 8.93. The van der Waals surface area contributed by atoms with Gasteiger partial charge in [-0.3, -0.25) is 0 Å². The van der Waals surface area contributed by atoms with Crippen LogP contribution in [0.1, 0.15) is 6.42 Å². The summed E-state index contributed by atoms with van der Waals surface area (Å²) in [7, 11) is -0.0374. The van der Waals surface area contributed by atoms with E-state index >= 15 is 0 Å². The molecule has 2 fully saturated rings. The van der Waals surface area contributed by atoms with E-state index in [1.165, 1.54) is 0 Å². The summed E-state index contributed by atoms with van der Waals surface area (Å²) >= 11 is 0. The van der Waals surface area contributed by atoms with Crippen LogP contribution < -0.4 is 5.32 Å². The molecule has 2 heterocycles. The van der Waals surface area contributed by atoms with Crippen molar-refractivity contribution in [2.75, 3.05) is 39.5 Å². The van der Waals surface area contributed by atoms with Gasteiger partial charge in [0.15, 0.2) is 0 Å². The molecule has 2 aliphatic heterocycles. The summed E-state index contributed by atoms with van der Waals surface area (Å²) in [6, 6.07) is 0. The van der Waals surface area contributed by atoms with E-state index in [4.69, 9.17) is 14.0 Å². The normalized spacial score (nSPS) is 31.4. The van der Waals surface area contributed by atoms with Crippen LogP contribution in [-0.4, -0.2) is 46.6 Å². The maximum atomic E-state index is 5.60. The van der Waals surface area contributed by atoms with Crippen LogP contribution in [0.2, 0.25) is 5.82 Å². The Morgan fingerprint density at radius 1 is 1.08 bits per heavy atom. The summed E-state index contributed by atoms with van der Waals surface area (Å²) in [5.74, 6) is 0.443. The zero-order valence-electron chi connectivity index (χ0n) is 7.83. The Bertz CT molecular complexity index is 144. The molecule has 0 amide bonds. The van der Waals surface area contributed by atoms with Gasteiger partial charge in [-0.05, 0) is 6.42 Å². The van der Waals surface area contributed by atoms with E-state index in [-0.39, 0.29) is 7.12 Å². The van der Waals surface area contributed by atoms with Crippen molar-refractivity contribution in [3.8, 4) is 0 Å². The monoisotopic (exact) mass is 185 g/mol. The molecular weight excluding hydrogens is 169 g/mol. The van der Waals surface area contributed by atoms with Crippen LogP contribution in [-0.2, 0) is 14.0 Å². The van der Waals surface area contributed by atoms with E-state index < -0.39 is 0 Å². The molecule has 2 aliphatic rings. The van der Waals surface area contributed by atoms with Gasteiger partial charge in [-0.25, -0.2) is 0 Å². The topological polar surface area (TPSA) is 39.7 Å². The minimum Gasteiger partial charge on any atom is -0.410 e. The SMILES string of the molecule is C1COB([C@@H]2CCOC2)OCCN1. The first kappa shape index (κ1) is 9.46. The lowest BCUT2D eigenvalue weighted by atomic mass is 9.71. The zero-order valence-corrected chi connectivity index (χ0v) is 7.83. The summed E-state index contributed by atoms with van der Waals surface area (Å²) in [5, 5.41) is 3.22. The molecule has 0 bridgehead atoms. The van der Waals surface area contributed by atoms with Gasteiger partial charge in [0.05, 0.1) is 0 Å². The summed E-state index contributed by atoms with van der Waals surface area (Å²) in [6.07, 6.45) is 1.07. The molecule has 0 aromatic carbocycles. The van der Waals surface area contributed by atoms with Gasteiger partial charge in [0.25, 0.3) is 0 Å². The van der Waals surface area contributed by atoms with Crippen molar-refractivity contribution in [1.29, 1.82) is 0 Å². The van der Waals surface area contributed by atoms with Gasteiger partial charge in [0.2, 0.25) is 0 Å². The number of hydrogen-bond donors (Lipinski definition) is 1. The Balaban J connectivity index is 1.80. The van der Waals surface area contributed by atoms with Gasteiger partial charge in [-0.2, -0.15) is 0 Å². The highest BCUT2D eigenvalue weighted by Gasteiger charge is 2.33. The van der Waals surface area contributed by atoms with E-state index in [0.29, 0.717) is 5.82 Å². The molecule has 0 spiro atoms. The van der Waals surface area contributed by atoms with E-state index in [0.717, 1.165) is 45.9 Å². The van der Waals surface area contributed by atoms with Crippen LogP contribution in [0.4, 0.5) is 0 Å². The molecule has 0 aliphatic carbocycles. The highest BCUT2D eigenvalue weighted by Crippen LogP contribution is 2.23. The average Bonchev–Trinajstić information content (AvgIpc) is 2.55. The Morgan fingerprint density at radius 2 is 1.85 bits per heavy atom. The van der Waals surface area contributed by atoms with Crippen molar-refractivity contribution in [1.82, 2.24) is 5.32 Å². The lowest BCUT2D eigenvalue weighted by Gasteiger charge is -2.21. The number of nitrogens with one attached hydrogen (secondary N) is 1. The lowest BCUT2D eigenvalue weighted by Crippen LogP contribution is -2.38. The second-order valence-corrected chi connectivity index (χ2v) is 3.48. The average molecular weight is 185 g/mol. The van der Waals surface area contributed by atoms with Crippen LogP contribution >= 0.6 is 0 Å². The molecule has 0 aromatic rings. The Hall–Kier alpha value is -0.0951. The van der Waals surface area contributed by atoms with Crippen LogP contribution in [0.3, 0.4) is 0 Å². The molecule has 74 valence electrons. The third-order valence-corrected chi connectivity index (χ3v) is 2.47. The molecule has 13 heavy (non-hydrogen) atoms. The first-order valence-corrected chi connectivity index (χ1v) is 4.98. The molecule has 2 rings (SSSR count). The predicted molar refractivity (Wildman–Crippen MR) is 49.7 cm³/mol. The van der Waals surface area contributed by atoms with Crippen molar-refractivity contribution in [3.63, 3.8) is 0 Å². The molecule has 2 saturated heterocycles. The second kappa shape index (κ2) is 4.95. The molecule has 0 radical (unpaired) electrons. The maximum Gasteiger partial charge on any atom is 0.462 e. The van der Waals surface area contributed by atoms with Gasteiger partial charge >= 0.3 is 7.12 Å². The fourth-order valence-corrected chi connectivity index (χ4v) is 1.71. The Labute approximate surface area is 79.1 Å². The van der Waals surface area contributed by atoms with Crippen molar-refractivity contribution < 1.29 is 14.0 Å². The fraction of sp³-hybridized carbons (Fsp3) is 1.00. The molecule has 4 nitrogen and oxygen atoms in total. The minimum atomic E-state index is -0.0374. The number of ether oxygens (including phenoxy) is 1. The van der Waals surface area contributed by atoms with E-state index in [1.807, 2.05) is 0 Å². The van der Waals surface area contributed by atoms with Crippen molar-refractivity contribution in [2.45, 2.75) is 12.2 Å². The Morgan fingerprint density at radius 3 is 2.46 bits per heavy atom. The van der Waals surface area contributed by atoms with Crippen LogP contribution in [0.25, 0.3) is 0 Å². The van der Waals surface area contributed by atoms with E-state index in [2.05, 4.69) is 5.32 Å². The fourth-order valence-electron chi connectivity index (χ4n) is 1.71. The maximum absolute atomic E-state index is 5.60. The van der Waals surface area contributed by atoms with Crippen LogP contribution in [0.15, 0.2) is 0 Å². The summed E-state index contributed by atoms with van der Waals surface area (Å²) in [4.78, 5) is 0. The summed E-state index contributed by atoms with van der Waals surface area (Å²) in [5.41, 5.74) is 0. The third kappa shape index (κ3) is 2.67. The molecule has 1 N–H and O–H groups in total. The Kier molecular flexibility index (Phi) is 3.60. The lowest BCUT2D eigenvalue weighted by molar-refractivity contribution is 0.159. The quantitative estimate of drug-likeness (QED) is 0.579. The van der Waals surface area contributed by atoms with Gasteiger partial charge in [-0.15, -0.1) is 0 Å². The molecule has 0 aromatic heterocycles. The van der Waals surface area contributed by atoms with Gasteiger partial charge in [-0.1, -0.05) is 0 Å². The molecule has 5 heteroatoms. The van der Waals surface area contributed by atoms with Crippen LogP contribution in [0, 0.1) is 0 Å². The minimum absolute atomic E-state index is 0.0374. The van der Waals surface area contributed by atoms with Crippen molar-refractivity contribution >= 4 is 7.12 Å². The largest absolute Gasteiger partial charge is 0.462 e. The smallest absolute Gasteiger partial charge is 0.410 e. The molecule has 0 saturated carbocycles. The molecular formula is C8H16BNO3. The molecule has 0 unspecified atom stereocenters. The number of hydrogen-bond acceptors (Lipinski definition) is 4. The highest BCUT2D eigenvalue weighted by atomic mass is 16.6. The van der Waals surface area contributed by atoms with Gasteiger partial charge < -0.3 is 19.4 Å². The van der Waals surface area contributed by atoms with E-state index in [1.54, 1.807) is 0 Å². The van der Waals surface area contributed by atoms with Crippen LogP contribution in [0.5, 0.6) is 0 Å². The van der Waals surface area contributed by atoms with E-state index in [9.17, 15) is 0 Å². The predicted octanol–water partition coefficient (Wildman–Crippen LogP) is -0.0985. The third-order valence-electron chi connectivity index (χ3n) is 2.47. The first-order chi connectivity index (χ1) is 6.47. The van der Waals surface area contributed by atoms with Gasteiger partial charge in [0, 0.05) is 45.3 Å². The van der Waals surface area contributed by atoms with Crippen molar-refractivity contribution in [3.05, 3.63) is 0 Å². The van der Waals surface area contributed by atoms with Crippen molar-refractivity contribution in [2.24, 2.45) is 0 Å². The number of rotatable bonds is 1. The molecule has 1 atom stereocenters.